The zero-order valence-electron chi connectivity index (χ0n) is 15.0. The topological polar surface area (TPSA) is 80.7 Å². The molecule has 0 aliphatic heterocycles. The van der Waals surface area contributed by atoms with Gasteiger partial charge in [-0.3, -0.25) is 0 Å². The van der Waals surface area contributed by atoms with Crippen LogP contribution in [0.25, 0.3) is 0 Å². The van der Waals surface area contributed by atoms with Gasteiger partial charge in [0.25, 0.3) is 0 Å². The Morgan fingerprint density at radius 1 is 1.42 bits per heavy atom. The van der Waals surface area contributed by atoms with Gasteiger partial charge in [-0.1, -0.05) is 0 Å². The van der Waals surface area contributed by atoms with Crippen molar-refractivity contribution >= 4 is 5.96 Å². The van der Waals surface area contributed by atoms with Crippen molar-refractivity contribution in [2.75, 3.05) is 27.3 Å². The van der Waals surface area contributed by atoms with Gasteiger partial charge in [-0.2, -0.15) is 0 Å². The van der Waals surface area contributed by atoms with Gasteiger partial charge >= 0.3 is 0 Å². The van der Waals surface area contributed by atoms with Gasteiger partial charge in [0, 0.05) is 39.9 Å². The summed E-state index contributed by atoms with van der Waals surface area (Å²) in [4.78, 5) is 6.72. The molecule has 2 aromatic heterocycles. The molecule has 0 saturated carbocycles. The summed E-state index contributed by atoms with van der Waals surface area (Å²) in [6, 6.07) is 1.98. The third-order valence-electron chi connectivity index (χ3n) is 3.88. The summed E-state index contributed by atoms with van der Waals surface area (Å²) >= 11 is 0. The van der Waals surface area contributed by atoms with Gasteiger partial charge in [0.1, 0.15) is 18.1 Å². The van der Waals surface area contributed by atoms with Crippen LogP contribution in [0.2, 0.25) is 0 Å². The number of furan rings is 1. The van der Waals surface area contributed by atoms with Crippen LogP contribution in [-0.2, 0) is 24.9 Å². The number of nitrogens with one attached hydrogen (secondary N) is 1. The minimum Gasteiger partial charge on any atom is -0.469 e. The number of methoxy groups -OCH3 is 1. The minimum atomic E-state index is 0.460. The molecule has 1 N–H and O–H groups in total. The number of rotatable bonds is 7. The second kappa shape index (κ2) is 8.49. The number of aromatic nitrogens is 3. The van der Waals surface area contributed by atoms with E-state index in [1.807, 2.05) is 38.6 Å². The Morgan fingerprint density at radius 2 is 2.21 bits per heavy atom. The van der Waals surface area contributed by atoms with E-state index in [9.17, 15) is 0 Å². The van der Waals surface area contributed by atoms with Crippen LogP contribution < -0.4 is 5.32 Å². The van der Waals surface area contributed by atoms with Crippen molar-refractivity contribution in [1.29, 1.82) is 0 Å². The monoisotopic (exact) mass is 334 g/mol. The first-order valence-electron chi connectivity index (χ1n) is 7.89. The highest BCUT2D eigenvalue weighted by molar-refractivity contribution is 5.79. The number of hydrogen-bond donors (Lipinski definition) is 1. The van der Waals surface area contributed by atoms with E-state index in [0.717, 1.165) is 28.9 Å². The lowest BCUT2D eigenvalue weighted by atomic mass is 10.2. The van der Waals surface area contributed by atoms with Crippen LogP contribution in [0.4, 0.5) is 0 Å². The lowest BCUT2D eigenvalue weighted by molar-refractivity contribution is 0.203. The third-order valence-corrected chi connectivity index (χ3v) is 3.88. The van der Waals surface area contributed by atoms with E-state index in [2.05, 4.69) is 25.4 Å². The molecule has 0 unspecified atom stereocenters. The van der Waals surface area contributed by atoms with E-state index in [0.29, 0.717) is 26.2 Å². The van der Waals surface area contributed by atoms with E-state index in [1.165, 1.54) is 0 Å². The smallest absolute Gasteiger partial charge is 0.194 e. The molecule has 2 aromatic rings. The number of ether oxygens (including phenoxy) is 1. The highest BCUT2D eigenvalue weighted by atomic mass is 16.5. The summed E-state index contributed by atoms with van der Waals surface area (Å²) in [5.74, 6) is 3.40. The van der Waals surface area contributed by atoms with Gasteiger partial charge in [-0.05, 0) is 19.9 Å². The zero-order chi connectivity index (χ0) is 17.5. The summed E-state index contributed by atoms with van der Waals surface area (Å²) < 4.78 is 12.4. The minimum absolute atomic E-state index is 0.460. The molecular weight excluding hydrogens is 308 g/mol. The molecule has 0 bridgehead atoms. The van der Waals surface area contributed by atoms with Crippen LogP contribution in [0.5, 0.6) is 0 Å². The Hall–Kier alpha value is -2.35. The van der Waals surface area contributed by atoms with E-state index >= 15 is 0 Å². The highest BCUT2D eigenvalue weighted by Gasteiger charge is 2.11. The molecular formula is C16H26N6O2. The molecule has 0 radical (unpaired) electrons. The fourth-order valence-corrected chi connectivity index (χ4v) is 2.22. The molecule has 0 atom stereocenters. The Kier molecular flexibility index (Phi) is 6.36. The predicted molar refractivity (Wildman–Crippen MR) is 91.7 cm³/mol. The molecule has 8 heteroatoms. The van der Waals surface area contributed by atoms with Gasteiger partial charge in [-0.15, -0.1) is 10.2 Å². The van der Waals surface area contributed by atoms with Crippen molar-refractivity contribution in [2.45, 2.75) is 26.9 Å². The molecule has 0 fully saturated rings. The summed E-state index contributed by atoms with van der Waals surface area (Å²) in [6.45, 7) is 6.34. The molecule has 132 valence electrons. The van der Waals surface area contributed by atoms with Gasteiger partial charge in [-0.25, -0.2) is 4.99 Å². The van der Waals surface area contributed by atoms with E-state index in [-0.39, 0.29) is 0 Å². The number of nitrogens with zero attached hydrogens (tertiary/aromatic N) is 5. The third kappa shape index (κ3) is 4.58. The first-order valence-corrected chi connectivity index (χ1v) is 7.89. The molecule has 0 amide bonds. The first-order chi connectivity index (χ1) is 11.5. The summed E-state index contributed by atoms with van der Waals surface area (Å²) in [5, 5.41) is 11.5. The lowest BCUT2D eigenvalue weighted by Gasteiger charge is -2.22. The fourth-order valence-electron chi connectivity index (χ4n) is 2.22. The van der Waals surface area contributed by atoms with Crippen molar-refractivity contribution < 1.29 is 9.15 Å². The average molecular weight is 334 g/mol. The molecule has 0 aliphatic carbocycles. The first kappa shape index (κ1) is 18.0. The maximum atomic E-state index is 5.36. The Balaban J connectivity index is 2.09. The second-order valence-corrected chi connectivity index (χ2v) is 5.64. The summed E-state index contributed by atoms with van der Waals surface area (Å²) in [7, 11) is 5.61. The van der Waals surface area contributed by atoms with Crippen LogP contribution in [0.3, 0.4) is 0 Å². The second-order valence-electron chi connectivity index (χ2n) is 5.64. The van der Waals surface area contributed by atoms with Crippen molar-refractivity contribution in [2.24, 2.45) is 12.0 Å². The summed E-state index contributed by atoms with van der Waals surface area (Å²) in [6.07, 6.45) is 1.70. The number of hydrogen-bond acceptors (Lipinski definition) is 5. The van der Waals surface area contributed by atoms with E-state index in [4.69, 9.17) is 9.15 Å². The molecule has 8 nitrogen and oxygen atoms in total. The molecule has 2 rings (SSSR count). The molecule has 0 saturated heterocycles. The molecule has 0 aliphatic rings. The predicted octanol–water partition coefficient (Wildman–Crippen LogP) is 1.25. The largest absolute Gasteiger partial charge is 0.469 e. The Morgan fingerprint density at radius 3 is 2.79 bits per heavy atom. The van der Waals surface area contributed by atoms with Crippen LogP contribution in [0.15, 0.2) is 21.7 Å². The normalized spacial score (nSPS) is 11.8. The van der Waals surface area contributed by atoms with E-state index < -0.39 is 0 Å². The highest BCUT2D eigenvalue weighted by Crippen LogP contribution is 2.11. The van der Waals surface area contributed by atoms with Crippen molar-refractivity contribution in [3.8, 4) is 0 Å². The molecule has 24 heavy (non-hydrogen) atoms. The Labute approximate surface area is 142 Å². The van der Waals surface area contributed by atoms with Crippen LogP contribution >= 0.6 is 0 Å². The number of guanidine groups is 1. The maximum Gasteiger partial charge on any atom is 0.194 e. The van der Waals surface area contributed by atoms with Crippen LogP contribution in [0.1, 0.15) is 23.0 Å². The molecule has 0 aromatic carbocycles. The quantitative estimate of drug-likeness (QED) is 0.466. The Bertz CT molecular complexity index is 676. The molecule has 2 heterocycles. The van der Waals surface area contributed by atoms with Crippen LogP contribution in [-0.4, -0.2) is 52.9 Å². The standard InChI is InChI=1S/C16H26N6O2/c1-12-14(6-8-24-12)11-21(3)16(17-7-9-23-5)18-10-15-20-19-13(2)22(15)4/h6,8H,7,9-11H2,1-5H3,(H,17,18). The lowest BCUT2D eigenvalue weighted by Crippen LogP contribution is -2.40. The number of aliphatic imine (C=N–C) groups is 1. The van der Waals surface area contributed by atoms with E-state index in [1.54, 1.807) is 13.4 Å². The molecule has 0 spiro atoms. The fraction of sp³-hybridized carbons (Fsp3) is 0.562. The van der Waals surface area contributed by atoms with Crippen molar-refractivity contribution in [3.63, 3.8) is 0 Å². The van der Waals surface area contributed by atoms with Gasteiger partial charge < -0.3 is 23.9 Å². The van der Waals surface area contributed by atoms with Crippen molar-refractivity contribution in [3.05, 3.63) is 35.3 Å². The number of aryl methyl sites for hydroxylation is 2. The van der Waals surface area contributed by atoms with Gasteiger partial charge in [0.05, 0.1) is 12.9 Å². The van der Waals surface area contributed by atoms with Crippen molar-refractivity contribution in [1.82, 2.24) is 25.0 Å². The average Bonchev–Trinajstić information content (AvgIpc) is 3.10. The van der Waals surface area contributed by atoms with Gasteiger partial charge in [0.2, 0.25) is 0 Å². The summed E-state index contributed by atoms with van der Waals surface area (Å²) in [5.41, 5.74) is 1.13. The van der Waals surface area contributed by atoms with Gasteiger partial charge in [0.15, 0.2) is 11.8 Å². The maximum absolute atomic E-state index is 5.36. The SMILES string of the molecule is COCCNC(=NCc1nnc(C)n1C)N(C)Cc1ccoc1C. The van der Waals surface area contributed by atoms with Crippen LogP contribution in [0, 0.1) is 13.8 Å². The zero-order valence-corrected chi connectivity index (χ0v) is 15.0.